The van der Waals surface area contributed by atoms with E-state index >= 15 is 0 Å². The van der Waals surface area contributed by atoms with Crippen LogP contribution < -0.4 is 11.1 Å². The molecule has 0 saturated carbocycles. The number of rotatable bonds is 4. The summed E-state index contributed by atoms with van der Waals surface area (Å²) < 4.78 is 12.1. The highest BCUT2D eigenvalue weighted by Crippen LogP contribution is 2.38. The van der Waals surface area contributed by atoms with Crippen LogP contribution in [-0.4, -0.2) is 35.8 Å². The second-order valence-electron chi connectivity index (χ2n) is 6.77. The molecule has 0 bridgehead atoms. The normalized spacial score (nSPS) is 19.7. The molecule has 2 rings (SSSR count). The maximum Gasteiger partial charge on any atom is 0.492 e. The highest BCUT2D eigenvalue weighted by atomic mass is 16.7. The predicted molar refractivity (Wildman–Crippen MR) is 91.4 cm³/mol. The summed E-state index contributed by atoms with van der Waals surface area (Å²) in [5, 5.41) is 2.79. The van der Waals surface area contributed by atoms with Crippen LogP contribution in [0.2, 0.25) is 0 Å². The number of hydrogen-bond donors (Lipinski definition) is 2. The second-order valence-corrected chi connectivity index (χ2v) is 6.77. The first kappa shape index (κ1) is 17.5. The van der Waals surface area contributed by atoms with Crippen molar-refractivity contribution >= 4 is 24.8 Å². The summed E-state index contributed by atoms with van der Waals surface area (Å²) in [6.07, 6.45) is 5.18. The molecule has 7 heteroatoms. The molecule has 2 heterocycles. The van der Waals surface area contributed by atoms with Crippen molar-refractivity contribution in [3.8, 4) is 0 Å². The van der Waals surface area contributed by atoms with E-state index in [1.54, 1.807) is 12.4 Å². The number of pyridine rings is 1. The van der Waals surface area contributed by atoms with Crippen molar-refractivity contribution in [3.63, 3.8) is 0 Å². The molecule has 1 fully saturated rings. The zero-order valence-corrected chi connectivity index (χ0v) is 14.3. The molecule has 6 nitrogen and oxygen atoms in total. The number of nitrogens with two attached hydrogens (primary N) is 1. The molecule has 0 spiro atoms. The zero-order valence-electron chi connectivity index (χ0n) is 14.3. The summed E-state index contributed by atoms with van der Waals surface area (Å²) >= 11 is 0. The monoisotopic (exact) mass is 317 g/mol. The standard InChI is InChI=1S/C16H24BN3O3/c1-11(21)20-9-13(6-12-7-14(18)10-19-8-12)17-22-15(2,3)16(4,5)23-17/h6-8,10H,9,18H2,1-5H3,(H,20,21). The first-order chi connectivity index (χ1) is 10.6. The second kappa shape index (κ2) is 6.33. The van der Waals surface area contributed by atoms with Gasteiger partial charge >= 0.3 is 7.12 Å². The molecule has 1 aliphatic rings. The van der Waals surface area contributed by atoms with Crippen molar-refractivity contribution in [2.45, 2.75) is 45.8 Å². The summed E-state index contributed by atoms with van der Waals surface area (Å²) in [5.74, 6) is -0.113. The van der Waals surface area contributed by atoms with E-state index in [0.29, 0.717) is 12.2 Å². The molecule has 1 aromatic rings. The van der Waals surface area contributed by atoms with Crippen molar-refractivity contribution in [3.05, 3.63) is 29.5 Å². The summed E-state index contributed by atoms with van der Waals surface area (Å²) in [6.45, 7) is 9.78. The minimum atomic E-state index is -0.534. The maximum atomic E-state index is 11.3. The predicted octanol–water partition coefficient (Wildman–Crippen LogP) is 1.81. The Hall–Kier alpha value is -1.86. The largest absolute Gasteiger partial charge is 0.492 e. The fourth-order valence-corrected chi connectivity index (χ4v) is 2.19. The van der Waals surface area contributed by atoms with Gasteiger partial charge in [-0.2, -0.15) is 0 Å². The molecule has 124 valence electrons. The van der Waals surface area contributed by atoms with Crippen molar-refractivity contribution in [1.29, 1.82) is 0 Å². The molecule has 0 radical (unpaired) electrons. The van der Waals surface area contributed by atoms with Gasteiger partial charge in [0, 0.05) is 25.9 Å². The van der Waals surface area contributed by atoms with Crippen LogP contribution in [0.3, 0.4) is 0 Å². The van der Waals surface area contributed by atoms with E-state index in [1.165, 1.54) is 6.92 Å². The first-order valence-electron chi connectivity index (χ1n) is 7.62. The number of carbonyl (C=O) groups is 1. The molecule has 1 aromatic heterocycles. The zero-order chi connectivity index (χ0) is 17.3. The van der Waals surface area contributed by atoms with Gasteiger partial charge in [0.2, 0.25) is 5.91 Å². The number of nitrogens with one attached hydrogen (secondary N) is 1. The Morgan fingerprint density at radius 3 is 2.43 bits per heavy atom. The number of nitrogens with zero attached hydrogens (tertiary/aromatic N) is 1. The molecule has 1 saturated heterocycles. The van der Waals surface area contributed by atoms with Crippen LogP contribution >= 0.6 is 0 Å². The lowest BCUT2D eigenvalue weighted by Gasteiger charge is -2.32. The third-order valence-corrected chi connectivity index (χ3v) is 4.23. The molecule has 0 aromatic carbocycles. The van der Waals surface area contributed by atoms with Gasteiger partial charge in [0.25, 0.3) is 0 Å². The van der Waals surface area contributed by atoms with Crippen LogP contribution in [0.25, 0.3) is 6.08 Å². The maximum absolute atomic E-state index is 11.3. The van der Waals surface area contributed by atoms with E-state index in [0.717, 1.165) is 11.0 Å². The van der Waals surface area contributed by atoms with E-state index in [-0.39, 0.29) is 5.91 Å². The van der Waals surface area contributed by atoms with Crippen molar-refractivity contribution < 1.29 is 14.1 Å². The van der Waals surface area contributed by atoms with Gasteiger partial charge in [0.05, 0.1) is 16.9 Å². The summed E-state index contributed by atoms with van der Waals surface area (Å²) in [7, 11) is -0.534. The Balaban J connectivity index is 2.30. The fraction of sp³-hybridized carbons (Fsp3) is 0.500. The molecular weight excluding hydrogens is 293 g/mol. The quantitative estimate of drug-likeness (QED) is 0.827. The third kappa shape index (κ3) is 4.12. The Bertz CT molecular complexity index is 613. The lowest BCUT2D eigenvalue weighted by Crippen LogP contribution is -2.41. The smallest absolute Gasteiger partial charge is 0.400 e. The van der Waals surface area contributed by atoms with Gasteiger partial charge in [-0.3, -0.25) is 9.78 Å². The van der Waals surface area contributed by atoms with E-state index in [2.05, 4.69) is 10.3 Å². The van der Waals surface area contributed by atoms with Gasteiger partial charge < -0.3 is 20.4 Å². The average Bonchev–Trinajstić information content (AvgIpc) is 2.63. The minimum Gasteiger partial charge on any atom is -0.400 e. The van der Waals surface area contributed by atoms with Crippen molar-refractivity contribution in [2.75, 3.05) is 12.3 Å². The molecule has 3 N–H and O–H groups in total. The van der Waals surface area contributed by atoms with Crippen LogP contribution in [0.4, 0.5) is 5.69 Å². The SMILES string of the molecule is CC(=O)NCC(=Cc1cncc(N)c1)B1OC(C)(C)C(C)(C)O1. The number of carbonyl (C=O) groups excluding carboxylic acids is 1. The van der Waals surface area contributed by atoms with Crippen LogP contribution in [0, 0.1) is 0 Å². The van der Waals surface area contributed by atoms with Crippen LogP contribution in [-0.2, 0) is 14.1 Å². The number of nitrogen functional groups attached to an aromatic ring is 1. The summed E-state index contributed by atoms with van der Waals surface area (Å²) in [5.41, 5.74) is 7.11. The lowest BCUT2D eigenvalue weighted by molar-refractivity contribution is -0.118. The molecule has 0 atom stereocenters. The lowest BCUT2D eigenvalue weighted by atomic mass is 9.77. The minimum absolute atomic E-state index is 0.113. The fourth-order valence-electron chi connectivity index (χ4n) is 2.19. The van der Waals surface area contributed by atoms with Crippen LogP contribution in [0.15, 0.2) is 23.9 Å². The van der Waals surface area contributed by atoms with Gasteiger partial charge in [-0.25, -0.2) is 0 Å². The van der Waals surface area contributed by atoms with Gasteiger partial charge in [-0.15, -0.1) is 0 Å². The Morgan fingerprint density at radius 1 is 1.30 bits per heavy atom. The number of hydrogen-bond acceptors (Lipinski definition) is 5. The number of aromatic nitrogens is 1. The van der Waals surface area contributed by atoms with Crippen LogP contribution in [0.1, 0.15) is 40.2 Å². The van der Waals surface area contributed by atoms with Crippen molar-refractivity contribution in [2.24, 2.45) is 0 Å². The molecular formula is C16H24BN3O3. The Kier molecular flexibility index (Phi) is 4.82. The summed E-state index contributed by atoms with van der Waals surface area (Å²) in [6, 6.07) is 1.81. The van der Waals surface area contributed by atoms with E-state index in [9.17, 15) is 4.79 Å². The average molecular weight is 317 g/mol. The van der Waals surface area contributed by atoms with Crippen LogP contribution in [0.5, 0.6) is 0 Å². The summed E-state index contributed by atoms with van der Waals surface area (Å²) in [4.78, 5) is 15.3. The molecule has 0 unspecified atom stereocenters. The van der Waals surface area contributed by atoms with Gasteiger partial charge in [0.15, 0.2) is 0 Å². The van der Waals surface area contributed by atoms with Gasteiger partial charge in [-0.05, 0) is 44.8 Å². The van der Waals surface area contributed by atoms with E-state index in [1.807, 2.05) is 39.8 Å². The van der Waals surface area contributed by atoms with Gasteiger partial charge in [0.1, 0.15) is 0 Å². The number of amides is 1. The van der Waals surface area contributed by atoms with E-state index < -0.39 is 18.3 Å². The Morgan fingerprint density at radius 2 is 1.91 bits per heavy atom. The topological polar surface area (TPSA) is 86.5 Å². The molecule has 1 amide bonds. The Labute approximate surface area is 137 Å². The first-order valence-corrected chi connectivity index (χ1v) is 7.62. The highest BCUT2D eigenvalue weighted by molar-refractivity contribution is 6.56. The van der Waals surface area contributed by atoms with Crippen molar-refractivity contribution in [1.82, 2.24) is 10.3 Å². The highest BCUT2D eigenvalue weighted by Gasteiger charge is 2.52. The molecule has 23 heavy (non-hydrogen) atoms. The number of anilines is 1. The van der Waals surface area contributed by atoms with Gasteiger partial charge in [-0.1, -0.05) is 6.08 Å². The van der Waals surface area contributed by atoms with E-state index in [4.69, 9.17) is 15.0 Å². The molecule has 1 aliphatic heterocycles. The third-order valence-electron chi connectivity index (χ3n) is 4.23. The molecule has 0 aliphatic carbocycles.